The second kappa shape index (κ2) is 5.10. The van der Waals surface area contributed by atoms with Gasteiger partial charge in [0.05, 0.1) is 5.02 Å². The van der Waals surface area contributed by atoms with Gasteiger partial charge in [0.1, 0.15) is 11.4 Å². The maximum Gasteiger partial charge on any atom is 0.202 e. The van der Waals surface area contributed by atoms with Gasteiger partial charge in [0, 0.05) is 11.8 Å². The van der Waals surface area contributed by atoms with Gasteiger partial charge < -0.3 is 4.42 Å². The summed E-state index contributed by atoms with van der Waals surface area (Å²) in [6, 6.07) is 13.4. The Bertz CT molecular complexity index is 759. The lowest BCUT2D eigenvalue weighted by Gasteiger charge is -2.00. The van der Waals surface area contributed by atoms with Gasteiger partial charge in [0.25, 0.3) is 0 Å². The number of hydrogen-bond acceptors (Lipinski definition) is 2. The topological polar surface area (TPSA) is 30.2 Å². The molecule has 0 fully saturated rings. The third-order valence-electron chi connectivity index (χ3n) is 3.05. The minimum absolute atomic E-state index is 0.0138. The lowest BCUT2D eigenvalue weighted by atomic mass is 10.1. The van der Waals surface area contributed by atoms with Crippen LogP contribution in [-0.4, -0.2) is 5.78 Å². The molecule has 100 valence electrons. The van der Waals surface area contributed by atoms with E-state index in [4.69, 9.17) is 16.0 Å². The molecule has 3 aromatic rings. The second-order valence-electron chi connectivity index (χ2n) is 4.50. The van der Waals surface area contributed by atoms with E-state index in [0.717, 1.165) is 5.39 Å². The van der Waals surface area contributed by atoms with E-state index in [1.807, 2.05) is 18.2 Å². The van der Waals surface area contributed by atoms with E-state index in [0.29, 0.717) is 16.9 Å². The van der Waals surface area contributed by atoms with E-state index in [1.54, 1.807) is 18.2 Å². The highest BCUT2D eigenvalue weighted by atomic mass is 35.5. The molecule has 0 atom stereocenters. The SMILES string of the molecule is O=C(Cc1ccc(F)c(Cl)c1)c1cc2ccccc2o1. The Hall–Kier alpha value is -2.13. The molecular weight excluding hydrogens is 279 g/mol. The summed E-state index contributed by atoms with van der Waals surface area (Å²) in [5.74, 6) is -0.359. The quantitative estimate of drug-likeness (QED) is 0.657. The highest BCUT2D eigenvalue weighted by Gasteiger charge is 2.13. The molecule has 3 rings (SSSR count). The predicted octanol–water partition coefficient (Wildman–Crippen LogP) is 4.65. The fourth-order valence-electron chi connectivity index (χ4n) is 2.04. The van der Waals surface area contributed by atoms with Crippen molar-refractivity contribution in [3.05, 3.63) is 70.7 Å². The lowest BCUT2D eigenvalue weighted by Crippen LogP contribution is -2.02. The van der Waals surface area contributed by atoms with Crippen LogP contribution < -0.4 is 0 Å². The van der Waals surface area contributed by atoms with Crippen LogP contribution >= 0.6 is 11.6 Å². The van der Waals surface area contributed by atoms with Crippen molar-refractivity contribution in [1.82, 2.24) is 0 Å². The van der Waals surface area contributed by atoms with E-state index >= 15 is 0 Å². The van der Waals surface area contributed by atoms with Crippen LogP contribution in [0.1, 0.15) is 16.1 Å². The molecule has 0 unspecified atom stereocenters. The first-order valence-electron chi connectivity index (χ1n) is 6.09. The summed E-state index contributed by atoms with van der Waals surface area (Å²) in [7, 11) is 0. The molecule has 0 spiro atoms. The van der Waals surface area contributed by atoms with Crippen molar-refractivity contribution in [2.75, 3.05) is 0 Å². The molecule has 20 heavy (non-hydrogen) atoms. The molecule has 4 heteroatoms. The maximum absolute atomic E-state index is 13.1. The first-order chi connectivity index (χ1) is 9.63. The molecule has 2 nitrogen and oxygen atoms in total. The minimum atomic E-state index is -0.494. The molecule has 0 amide bonds. The van der Waals surface area contributed by atoms with E-state index in [2.05, 4.69) is 0 Å². The van der Waals surface area contributed by atoms with Crippen LogP contribution in [0.25, 0.3) is 11.0 Å². The van der Waals surface area contributed by atoms with Gasteiger partial charge in [0.2, 0.25) is 5.78 Å². The monoisotopic (exact) mass is 288 g/mol. The molecule has 0 saturated heterocycles. The Morgan fingerprint density at radius 3 is 2.70 bits per heavy atom. The van der Waals surface area contributed by atoms with Crippen molar-refractivity contribution in [2.24, 2.45) is 0 Å². The summed E-state index contributed by atoms with van der Waals surface area (Å²) in [6.07, 6.45) is 0.125. The van der Waals surface area contributed by atoms with Gasteiger partial charge in [-0.2, -0.15) is 0 Å². The summed E-state index contributed by atoms with van der Waals surface area (Å²) in [6.45, 7) is 0. The standard InChI is InChI=1S/C16H10ClFO2/c17-12-7-10(5-6-13(12)18)8-14(19)16-9-11-3-1-2-4-15(11)20-16/h1-7,9H,8H2. The number of halogens is 2. The number of benzene rings is 2. The van der Waals surface area contributed by atoms with Gasteiger partial charge >= 0.3 is 0 Å². The molecule has 0 aliphatic carbocycles. The van der Waals surface area contributed by atoms with E-state index in [9.17, 15) is 9.18 Å². The third kappa shape index (κ3) is 2.45. The highest BCUT2D eigenvalue weighted by Crippen LogP contribution is 2.21. The number of fused-ring (bicyclic) bond motifs is 1. The largest absolute Gasteiger partial charge is 0.453 e. The van der Waals surface area contributed by atoms with E-state index in [1.165, 1.54) is 12.1 Å². The summed E-state index contributed by atoms with van der Waals surface area (Å²) in [5, 5.41) is 0.896. The number of furan rings is 1. The molecule has 0 radical (unpaired) electrons. The molecule has 1 heterocycles. The zero-order valence-corrected chi connectivity index (χ0v) is 11.2. The summed E-state index contributed by atoms with van der Waals surface area (Å²) in [4.78, 5) is 12.1. The van der Waals surface area contributed by atoms with Crippen LogP contribution in [0.5, 0.6) is 0 Å². The summed E-state index contributed by atoms with van der Waals surface area (Å²) >= 11 is 5.70. The number of rotatable bonds is 3. The van der Waals surface area contributed by atoms with Crippen molar-refractivity contribution < 1.29 is 13.6 Å². The molecular formula is C16H10ClFO2. The Balaban J connectivity index is 1.86. The third-order valence-corrected chi connectivity index (χ3v) is 3.34. The van der Waals surface area contributed by atoms with Gasteiger partial charge in [-0.05, 0) is 29.8 Å². The zero-order valence-electron chi connectivity index (χ0n) is 10.4. The van der Waals surface area contributed by atoms with Gasteiger partial charge in [-0.3, -0.25) is 4.79 Å². The van der Waals surface area contributed by atoms with Crippen LogP contribution in [0, 0.1) is 5.82 Å². The van der Waals surface area contributed by atoms with Gasteiger partial charge in [0.15, 0.2) is 5.76 Å². The first kappa shape index (κ1) is 12.9. The normalized spacial score (nSPS) is 10.9. The second-order valence-corrected chi connectivity index (χ2v) is 4.90. The number of hydrogen-bond donors (Lipinski definition) is 0. The summed E-state index contributed by atoms with van der Waals surface area (Å²) < 4.78 is 18.6. The van der Waals surface area contributed by atoms with Gasteiger partial charge in [-0.25, -0.2) is 4.39 Å². The maximum atomic E-state index is 13.1. The number of ketones is 1. The number of carbonyl (C=O) groups is 1. The Labute approximate surface area is 119 Å². The minimum Gasteiger partial charge on any atom is -0.453 e. The number of carbonyl (C=O) groups excluding carboxylic acids is 1. The molecule has 2 aromatic carbocycles. The molecule has 0 saturated carbocycles. The van der Waals surface area contributed by atoms with Crippen molar-refractivity contribution in [1.29, 1.82) is 0 Å². The highest BCUT2D eigenvalue weighted by molar-refractivity contribution is 6.30. The Morgan fingerprint density at radius 1 is 1.15 bits per heavy atom. The first-order valence-corrected chi connectivity index (χ1v) is 6.47. The van der Waals surface area contributed by atoms with Crippen molar-refractivity contribution in [3.8, 4) is 0 Å². The predicted molar refractivity (Wildman–Crippen MR) is 75.7 cm³/mol. The van der Waals surface area contributed by atoms with E-state index < -0.39 is 5.82 Å². The summed E-state index contributed by atoms with van der Waals surface area (Å²) in [5.41, 5.74) is 1.33. The Morgan fingerprint density at radius 2 is 1.95 bits per heavy atom. The smallest absolute Gasteiger partial charge is 0.202 e. The van der Waals surface area contributed by atoms with Crippen molar-refractivity contribution in [3.63, 3.8) is 0 Å². The van der Waals surface area contributed by atoms with Crippen LogP contribution in [0.2, 0.25) is 5.02 Å². The fourth-order valence-corrected chi connectivity index (χ4v) is 2.24. The lowest BCUT2D eigenvalue weighted by molar-refractivity contribution is 0.0968. The van der Waals surface area contributed by atoms with E-state index in [-0.39, 0.29) is 17.2 Å². The molecule has 0 aliphatic heterocycles. The van der Waals surface area contributed by atoms with Crippen LogP contribution in [0.3, 0.4) is 0 Å². The van der Waals surface area contributed by atoms with Gasteiger partial charge in [-0.15, -0.1) is 0 Å². The Kier molecular flexibility index (Phi) is 3.28. The molecule has 0 N–H and O–H groups in total. The zero-order chi connectivity index (χ0) is 14.1. The molecule has 0 bridgehead atoms. The van der Waals surface area contributed by atoms with Crippen molar-refractivity contribution >= 4 is 28.4 Å². The number of Topliss-reactive ketones (excluding diaryl/α,β-unsaturated/α-hetero) is 1. The molecule has 1 aromatic heterocycles. The van der Waals surface area contributed by atoms with Crippen LogP contribution in [0.4, 0.5) is 4.39 Å². The fraction of sp³-hybridized carbons (Fsp3) is 0.0625. The van der Waals surface area contributed by atoms with Crippen LogP contribution in [-0.2, 0) is 6.42 Å². The average Bonchev–Trinajstić information content (AvgIpc) is 2.87. The average molecular weight is 289 g/mol. The molecule has 0 aliphatic rings. The van der Waals surface area contributed by atoms with Gasteiger partial charge in [-0.1, -0.05) is 35.9 Å². The number of para-hydroxylation sites is 1. The van der Waals surface area contributed by atoms with Crippen molar-refractivity contribution in [2.45, 2.75) is 6.42 Å². The van der Waals surface area contributed by atoms with Crippen LogP contribution in [0.15, 0.2) is 52.9 Å².